The maximum atomic E-state index is 13.0. The highest BCUT2D eigenvalue weighted by Gasteiger charge is 2.15. The smallest absolute Gasteiger partial charge is 0.259 e. The van der Waals surface area contributed by atoms with Gasteiger partial charge in [-0.2, -0.15) is 5.10 Å². The number of carbonyl (C=O) groups is 1. The molecule has 0 fully saturated rings. The molecule has 5 nitrogen and oxygen atoms in total. The van der Waals surface area contributed by atoms with Crippen molar-refractivity contribution in [2.75, 3.05) is 11.1 Å². The third-order valence-corrected chi connectivity index (χ3v) is 2.29. The molecule has 94 valence electrons. The lowest BCUT2D eigenvalue weighted by Crippen LogP contribution is -2.15. The molecule has 0 spiro atoms. The Balaban J connectivity index is 2.26. The maximum absolute atomic E-state index is 13.0. The predicted octanol–water partition coefficient (Wildman–Crippen LogP) is 1.53. The van der Waals surface area contributed by atoms with E-state index < -0.39 is 17.5 Å². The number of nitrogens with two attached hydrogens (primary N) is 1. The Kier molecular flexibility index (Phi) is 2.97. The SMILES string of the molecule is Cn1ccc(NC(=O)c2cc(F)c(F)cc2N)n1. The van der Waals surface area contributed by atoms with Crippen molar-refractivity contribution in [1.29, 1.82) is 0 Å². The first-order chi connectivity index (χ1) is 8.47. The summed E-state index contributed by atoms with van der Waals surface area (Å²) in [6.45, 7) is 0. The van der Waals surface area contributed by atoms with Crippen molar-refractivity contribution in [3.8, 4) is 0 Å². The first kappa shape index (κ1) is 12.0. The lowest BCUT2D eigenvalue weighted by atomic mass is 10.1. The zero-order valence-electron chi connectivity index (χ0n) is 9.45. The number of halogens is 2. The summed E-state index contributed by atoms with van der Waals surface area (Å²) in [7, 11) is 1.68. The average molecular weight is 252 g/mol. The van der Waals surface area contributed by atoms with Crippen molar-refractivity contribution in [1.82, 2.24) is 9.78 Å². The number of rotatable bonds is 2. The second kappa shape index (κ2) is 4.44. The molecule has 7 heteroatoms. The molecule has 1 aromatic carbocycles. The molecule has 1 amide bonds. The van der Waals surface area contributed by atoms with E-state index in [0.717, 1.165) is 12.1 Å². The summed E-state index contributed by atoms with van der Waals surface area (Å²) in [6, 6.07) is 3.08. The van der Waals surface area contributed by atoms with Gasteiger partial charge in [-0.15, -0.1) is 0 Å². The summed E-state index contributed by atoms with van der Waals surface area (Å²) in [5.41, 5.74) is 5.18. The fraction of sp³-hybridized carbons (Fsp3) is 0.0909. The fourth-order valence-corrected chi connectivity index (χ4v) is 1.42. The largest absolute Gasteiger partial charge is 0.398 e. The number of aryl methyl sites for hydroxylation is 1. The van der Waals surface area contributed by atoms with Crippen LogP contribution in [0.2, 0.25) is 0 Å². The molecular weight excluding hydrogens is 242 g/mol. The topological polar surface area (TPSA) is 72.9 Å². The monoisotopic (exact) mass is 252 g/mol. The van der Waals surface area contributed by atoms with Crippen LogP contribution in [0.15, 0.2) is 24.4 Å². The number of amides is 1. The van der Waals surface area contributed by atoms with E-state index in [4.69, 9.17) is 5.73 Å². The van der Waals surface area contributed by atoms with E-state index in [1.165, 1.54) is 4.68 Å². The van der Waals surface area contributed by atoms with Crippen LogP contribution >= 0.6 is 0 Å². The number of nitrogens with one attached hydrogen (secondary N) is 1. The number of carbonyl (C=O) groups excluding carboxylic acids is 1. The zero-order chi connectivity index (χ0) is 13.3. The Morgan fingerprint density at radius 1 is 1.39 bits per heavy atom. The van der Waals surface area contributed by atoms with Crippen LogP contribution in [0.1, 0.15) is 10.4 Å². The molecule has 0 radical (unpaired) electrons. The van der Waals surface area contributed by atoms with E-state index >= 15 is 0 Å². The first-order valence-electron chi connectivity index (χ1n) is 5.03. The van der Waals surface area contributed by atoms with Crippen LogP contribution in [-0.2, 0) is 7.05 Å². The van der Waals surface area contributed by atoms with Gasteiger partial charge in [0.05, 0.1) is 5.56 Å². The number of hydrogen-bond acceptors (Lipinski definition) is 3. The Morgan fingerprint density at radius 2 is 2.06 bits per heavy atom. The van der Waals surface area contributed by atoms with E-state index in [2.05, 4.69) is 10.4 Å². The zero-order valence-corrected chi connectivity index (χ0v) is 9.45. The van der Waals surface area contributed by atoms with Gasteiger partial charge in [0.15, 0.2) is 17.5 Å². The van der Waals surface area contributed by atoms with Gasteiger partial charge >= 0.3 is 0 Å². The second-order valence-electron chi connectivity index (χ2n) is 3.68. The molecule has 2 rings (SSSR count). The number of hydrogen-bond donors (Lipinski definition) is 2. The summed E-state index contributed by atoms with van der Waals surface area (Å²) < 4.78 is 27.4. The van der Waals surface area contributed by atoms with E-state index in [0.29, 0.717) is 5.82 Å². The molecule has 0 aliphatic rings. The van der Waals surface area contributed by atoms with Gasteiger partial charge in [0.25, 0.3) is 5.91 Å². The molecule has 1 aromatic heterocycles. The van der Waals surface area contributed by atoms with Gasteiger partial charge in [-0.05, 0) is 6.07 Å². The van der Waals surface area contributed by atoms with E-state index in [1.807, 2.05) is 0 Å². The second-order valence-corrected chi connectivity index (χ2v) is 3.68. The normalized spacial score (nSPS) is 10.4. The van der Waals surface area contributed by atoms with Crippen molar-refractivity contribution in [3.05, 3.63) is 41.6 Å². The van der Waals surface area contributed by atoms with Crippen LogP contribution in [0.5, 0.6) is 0 Å². The Morgan fingerprint density at radius 3 is 2.67 bits per heavy atom. The van der Waals surface area contributed by atoms with Gasteiger partial charge in [-0.1, -0.05) is 0 Å². The highest BCUT2D eigenvalue weighted by Crippen LogP contribution is 2.18. The van der Waals surface area contributed by atoms with Crippen molar-refractivity contribution >= 4 is 17.4 Å². The summed E-state index contributed by atoms with van der Waals surface area (Å²) in [6.07, 6.45) is 1.63. The minimum Gasteiger partial charge on any atom is -0.398 e. The number of nitrogens with zero attached hydrogens (tertiary/aromatic N) is 2. The van der Waals surface area contributed by atoms with Crippen LogP contribution in [0, 0.1) is 11.6 Å². The van der Waals surface area contributed by atoms with E-state index in [-0.39, 0.29) is 11.3 Å². The average Bonchev–Trinajstić information content (AvgIpc) is 2.69. The van der Waals surface area contributed by atoms with Crippen LogP contribution in [0.25, 0.3) is 0 Å². The maximum Gasteiger partial charge on any atom is 0.259 e. The summed E-state index contributed by atoms with van der Waals surface area (Å²) in [5, 5.41) is 6.35. The van der Waals surface area contributed by atoms with Gasteiger partial charge < -0.3 is 11.1 Å². The number of anilines is 2. The Hall–Kier alpha value is -2.44. The molecule has 0 aliphatic heterocycles. The van der Waals surface area contributed by atoms with Crippen LogP contribution < -0.4 is 11.1 Å². The van der Waals surface area contributed by atoms with E-state index in [9.17, 15) is 13.6 Å². The first-order valence-corrected chi connectivity index (χ1v) is 5.03. The van der Waals surface area contributed by atoms with Crippen molar-refractivity contribution in [2.45, 2.75) is 0 Å². The number of benzene rings is 1. The number of nitrogen functional groups attached to an aromatic ring is 1. The van der Waals surface area contributed by atoms with Gasteiger partial charge in [-0.3, -0.25) is 9.48 Å². The molecule has 0 saturated heterocycles. The highest BCUT2D eigenvalue weighted by molar-refractivity contribution is 6.07. The van der Waals surface area contributed by atoms with Gasteiger partial charge in [0.2, 0.25) is 0 Å². The van der Waals surface area contributed by atoms with Gasteiger partial charge in [-0.25, -0.2) is 8.78 Å². The van der Waals surface area contributed by atoms with Crippen molar-refractivity contribution in [3.63, 3.8) is 0 Å². The molecule has 0 bridgehead atoms. The van der Waals surface area contributed by atoms with Gasteiger partial charge in [0.1, 0.15) is 0 Å². The molecule has 0 aliphatic carbocycles. The minimum absolute atomic E-state index is 0.137. The lowest BCUT2D eigenvalue weighted by molar-refractivity contribution is 0.102. The van der Waals surface area contributed by atoms with Crippen molar-refractivity contribution < 1.29 is 13.6 Å². The van der Waals surface area contributed by atoms with Crippen LogP contribution in [0.3, 0.4) is 0 Å². The predicted molar refractivity (Wildman–Crippen MR) is 61.9 cm³/mol. The molecule has 2 aromatic rings. The molecule has 0 saturated carbocycles. The molecule has 18 heavy (non-hydrogen) atoms. The van der Waals surface area contributed by atoms with E-state index in [1.54, 1.807) is 19.3 Å². The highest BCUT2D eigenvalue weighted by atomic mass is 19.2. The molecule has 0 unspecified atom stereocenters. The molecule has 0 atom stereocenters. The Labute approximate surface area is 101 Å². The third-order valence-electron chi connectivity index (χ3n) is 2.29. The van der Waals surface area contributed by atoms with Crippen LogP contribution in [-0.4, -0.2) is 15.7 Å². The fourth-order valence-electron chi connectivity index (χ4n) is 1.42. The number of aromatic nitrogens is 2. The lowest BCUT2D eigenvalue weighted by Gasteiger charge is -2.06. The summed E-state index contributed by atoms with van der Waals surface area (Å²) >= 11 is 0. The summed E-state index contributed by atoms with van der Waals surface area (Å²) in [5.74, 6) is -2.58. The molecule has 3 N–H and O–H groups in total. The quantitative estimate of drug-likeness (QED) is 0.796. The Bertz CT molecular complexity index is 609. The standard InChI is InChI=1S/C11H10F2N4O/c1-17-3-2-10(16-17)15-11(18)6-4-7(12)8(13)5-9(6)14/h2-5H,14H2,1H3,(H,15,16,18). The summed E-state index contributed by atoms with van der Waals surface area (Å²) in [4.78, 5) is 11.8. The molecule has 1 heterocycles. The minimum atomic E-state index is -1.13. The molecular formula is C11H10F2N4O. The third kappa shape index (κ3) is 2.29. The van der Waals surface area contributed by atoms with Crippen molar-refractivity contribution in [2.24, 2.45) is 7.05 Å². The van der Waals surface area contributed by atoms with Gasteiger partial charge in [0, 0.05) is 31.1 Å². The van der Waals surface area contributed by atoms with Crippen LogP contribution in [0.4, 0.5) is 20.3 Å².